The fraction of sp³-hybridized carbons (Fsp3) is 0.348. The van der Waals surface area contributed by atoms with Crippen LogP contribution in [0.1, 0.15) is 23.6 Å². The van der Waals surface area contributed by atoms with Crippen LogP contribution in [0.2, 0.25) is 0 Å². The van der Waals surface area contributed by atoms with Crippen LogP contribution in [0.15, 0.2) is 42.5 Å². The Kier molecular flexibility index (Phi) is 7.65. The van der Waals surface area contributed by atoms with Gasteiger partial charge in [-0.3, -0.25) is 0 Å². The number of benzene rings is 2. The highest BCUT2D eigenvalue weighted by Gasteiger charge is 2.17. The minimum Gasteiger partial charge on any atom is -0.378 e. The zero-order valence-corrected chi connectivity index (χ0v) is 19.0. The molecule has 8 heteroatoms. The number of halogens is 1. The summed E-state index contributed by atoms with van der Waals surface area (Å²) in [6.07, 6.45) is 1.01. The molecule has 4 rings (SSSR count). The summed E-state index contributed by atoms with van der Waals surface area (Å²) in [6, 6.07) is 14.6. The first kappa shape index (κ1) is 22.8. The molecule has 1 aromatic heterocycles. The van der Waals surface area contributed by atoms with E-state index < -0.39 is 0 Å². The first-order chi connectivity index (χ1) is 14.6. The summed E-state index contributed by atoms with van der Waals surface area (Å²) in [4.78, 5) is 16.1. The molecule has 7 nitrogen and oxygen atoms in total. The smallest absolute Gasteiger partial charge is 0.233 e. The van der Waals surface area contributed by atoms with Gasteiger partial charge < -0.3 is 20.3 Å². The molecule has 0 spiro atoms. The molecule has 1 saturated heterocycles. The van der Waals surface area contributed by atoms with Gasteiger partial charge in [-0.1, -0.05) is 25.1 Å². The number of ether oxygens (including phenoxy) is 1. The van der Waals surface area contributed by atoms with E-state index >= 15 is 0 Å². The predicted octanol–water partition coefficient (Wildman–Crippen LogP) is 4.80. The molecule has 2 N–H and O–H groups in total. The SMILES string of the molecule is CCc1ccc(Nc2nc(Nc3ccc(C)c(C)c3)nc(N3CCOCC3)n2)cc1.Cl. The van der Waals surface area contributed by atoms with Crippen molar-refractivity contribution in [1.82, 2.24) is 15.0 Å². The van der Waals surface area contributed by atoms with E-state index in [9.17, 15) is 0 Å². The molecule has 0 amide bonds. The van der Waals surface area contributed by atoms with Crippen LogP contribution in [0.25, 0.3) is 0 Å². The van der Waals surface area contributed by atoms with Gasteiger partial charge in [0.15, 0.2) is 0 Å². The number of rotatable bonds is 6. The third-order valence-corrected chi connectivity index (χ3v) is 5.30. The van der Waals surface area contributed by atoms with Gasteiger partial charge in [0.05, 0.1) is 13.2 Å². The van der Waals surface area contributed by atoms with Crippen molar-refractivity contribution >= 4 is 41.6 Å². The number of anilines is 5. The summed E-state index contributed by atoms with van der Waals surface area (Å²) in [5.74, 6) is 1.68. The maximum absolute atomic E-state index is 5.48. The minimum atomic E-state index is 0. The Balaban J connectivity index is 0.00000272. The van der Waals surface area contributed by atoms with Gasteiger partial charge in [0.25, 0.3) is 0 Å². The molecule has 3 aromatic rings. The molecule has 2 heterocycles. The van der Waals surface area contributed by atoms with Crippen molar-refractivity contribution in [2.45, 2.75) is 27.2 Å². The Morgan fingerprint density at radius 2 is 1.45 bits per heavy atom. The molecular weight excluding hydrogens is 412 g/mol. The van der Waals surface area contributed by atoms with Crippen LogP contribution < -0.4 is 15.5 Å². The molecule has 31 heavy (non-hydrogen) atoms. The monoisotopic (exact) mass is 440 g/mol. The normalized spacial score (nSPS) is 13.5. The maximum Gasteiger partial charge on any atom is 0.233 e. The first-order valence-electron chi connectivity index (χ1n) is 10.4. The number of nitrogens with one attached hydrogen (secondary N) is 2. The lowest BCUT2D eigenvalue weighted by atomic mass is 10.1. The van der Waals surface area contributed by atoms with Crippen molar-refractivity contribution in [2.24, 2.45) is 0 Å². The Labute approximate surface area is 189 Å². The Morgan fingerprint density at radius 1 is 0.839 bits per heavy atom. The van der Waals surface area contributed by atoms with Crippen molar-refractivity contribution < 1.29 is 4.74 Å². The fourth-order valence-electron chi connectivity index (χ4n) is 3.28. The molecule has 2 aromatic carbocycles. The van der Waals surface area contributed by atoms with Crippen LogP contribution in [0.4, 0.5) is 29.2 Å². The number of morpholine rings is 1. The van der Waals surface area contributed by atoms with Gasteiger partial charge in [-0.25, -0.2) is 0 Å². The van der Waals surface area contributed by atoms with E-state index in [0.717, 1.165) is 30.9 Å². The summed E-state index contributed by atoms with van der Waals surface area (Å²) in [5, 5.41) is 6.66. The predicted molar refractivity (Wildman–Crippen MR) is 128 cm³/mol. The van der Waals surface area contributed by atoms with Crippen LogP contribution in [-0.4, -0.2) is 41.3 Å². The van der Waals surface area contributed by atoms with Gasteiger partial charge in [-0.05, 0) is 61.2 Å². The first-order valence-corrected chi connectivity index (χ1v) is 10.4. The average Bonchev–Trinajstić information content (AvgIpc) is 2.77. The van der Waals surface area contributed by atoms with Gasteiger partial charge in [0, 0.05) is 24.5 Å². The lowest BCUT2D eigenvalue weighted by Gasteiger charge is -2.27. The quantitative estimate of drug-likeness (QED) is 0.570. The highest BCUT2D eigenvalue weighted by Crippen LogP contribution is 2.22. The molecule has 0 bridgehead atoms. The van der Waals surface area contributed by atoms with Gasteiger partial charge in [-0.15, -0.1) is 12.4 Å². The fourth-order valence-corrected chi connectivity index (χ4v) is 3.28. The molecular formula is C23H29ClN6O. The standard InChI is InChI=1S/C23H28N6O.ClH/c1-4-18-6-9-19(10-7-18)24-21-26-22(25-20-8-5-16(2)17(3)15-20)28-23(27-21)29-11-13-30-14-12-29;/h5-10,15H,4,11-14H2,1-3H3,(H2,24,25,26,27,28);1H. The molecule has 0 saturated carbocycles. The number of hydrogen-bond donors (Lipinski definition) is 2. The molecule has 0 unspecified atom stereocenters. The van der Waals surface area contributed by atoms with Crippen LogP contribution in [0.3, 0.4) is 0 Å². The van der Waals surface area contributed by atoms with Crippen molar-refractivity contribution in [2.75, 3.05) is 41.8 Å². The van der Waals surface area contributed by atoms with Gasteiger partial charge in [0.2, 0.25) is 17.8 Å². The minimum absolute atomic E-state index is 0. The van der Waals surface area contributed by atoms with E-state index in [0.29, 0.717) is 31.1 Å². The second-order valence-electron chi connectivity index (χ2n) is 7.48. The third kappa shape index (κ3) is 5.83. The zero-order valence-electron chi connectivity index (χ0n) is 18.2. The summed E-state index contributed by atoms with van der Waals surface area (Å²) >= 11 is 0. The lowest BCUT2D eigenvalue weighted by Crippen LogP contribution is -2.37. The highest BCUT2D eigenvalue weighted by atomic mass is 35.5. The lowest BCUT2D eigenvalue weighted by molar-refractivity contribution is 0.122. The van der Waals surface area contributed by atoms with Gasteiger partial charge in [0.1, 0.15) is 0 Å². The van der Waals surface area contributed by atoms with Crippen molar-refractivity contribution in [3.8, 4) is 0 Å². The van der Waals surface area contributed by atoms with E-state index in [-0.39, 0.29) is 12.4 Å². The van der Waals surface area contributed by atoms with Gasteiger partial charge in [-0.2, -0.15) is 15.0 Å². The van der Waals surface area contributed by atoms with E-state index in [1.54, 1.807) is 0 Å². The second-order valence-corrected chi connectivity index (χ2v) is 7.48. The summed E-state index contributed by atoms with van der Waals surface area (Å²) in [6.45, 7) is 9.22. The zero-order chi connectivity index (χ0) is 20.9. The number of hydrogen-bond acceptors (Lipinski definition) is 7. The summed E-state index contributed by atoms with van der Waals surface area (Å²) < 4.78 is 5.48. The molecule has 1 fully saturated rings. The second kappa shape index (κ2) is 10.4. The van der Waals surface area contributed by atoms with Crippen LogP contribution >= 0.6 is 12.4 Å². The van der Waals surface area contributed by atoms with Gasteiger partial charge >= 0.3 is 0 Å². The third-order valence-electron chi connectivity index (χ3n) is 5.30. The van der Waals surface area contributed by atoms with Crippen molar-refractivity contribution in [3.63, 3.8) is 0 Å². The molecule has 0 atom stereocenters. The summed E-state index contributed by atoms with van der Waals surface area (Å²) in [7, 11) is 0. The molecule has 164 valence electrons. The van der Waals surface area contributed by atoms with Crippen molar-refractivity contribution in [1.29, 1.82) is 0 Å². The maximum atomic E-state index is 5.48. The van der Waals surface area contributed by atoms with E-state index in [1.165, 1.54) is 16.7 Å². The van der Waals surface area contributed by atoms with E-state index in [2.05, 4.69) is 75.5 Å². The Bertz CT molecular complexity index is 1010. The topological polar surface area (TPSA) is 75.2 Å². The largest absolute Gasteiger partial charge is 0.378 e. The Morgan fingerprint density at radius 3 is 2.06 bits per heavy atom. The van der Waals surface area contributed by atoms with Crippen LogP contribution in [0.5, 0.6) is 0 Å². The Hall–Kier alpha value is -2.90. The molecule has 0 radical (unpaired) electrons. The van der Waals surface area contributed by atoms with Crippen molar-refractivity contribution in [3.05, 3.63) is 59.2 Å². The van der Waals surface area contributed by atoms with Crippen LogP contribution in [-0.2, 0) is 11.2 Å². The van der Waals surface area contributed by atoms with E-state index in [1.807, 2.05) is 18.2 Å². The van der Waals surface area contributed by atoms with Crippen LogP contribution in [0, 0.1) is 13.8 Å². The molecule has 1 aliphatic rings. The number of aromatic nitrogens is 3. The molecule has 0 aliphatic carbocycles. The van der Waals surface area contributed by atoms with E-state index in [4.69, 9.17) is 4.74 Å². The number of aryl methyl sites for hydroxylation is 3. The summed E-state index contributed by atoms with van der Waals surface area (Å²) in [5.41, 5.74) is 5.67. The highest BCUT2D eigenvalue weighted by molar-refractivity contribution is 5.85. The average molecular weight is 441 g/mol. The molecule has 1 aliphatic heterocycles. The number of nitrogens with zero attached hydrogens (tertiary/aromatic N) is 4.